The molecule has 2 N–H and O–H groups in total. The van der Waals surface area contributed by atoms with Crippen molar-refractivity contribution in [2.24, 2.45) is 4.99 Å². The number of hydrogen-bond acceptors (Lipinski definition) is 5. The first-order valence-electron chi connectivity index (χ1n) is 8.82. The van der Waals surface area contributed by atoms with E-state index in [2.05, 4.69) is 30.5 Å². The highest BCUT2D eigenvalue weighted by molar-refractivity contribution is 14.0. The number of halogens is 4. The Balaban J connectivity index is 0.00000420. The van der Waals surface area contributed by atoms with Gasteiger partial charge in [0, 0.05) is 32.5 Å². The second-order valence-corrected chi connectivity index (χ2v) is 6.35. The minimum atomic E-state index is -4.35. The van der Waals surface area contributed by atoms with Crippen molar-refractivity contribution in [3.8, 4) is 5.75 Å². The molecule has 1 heterocycles. The van der Waals surface area contributed by atoms with Crippen molar-refractivity contribution >= 4 is 29.9 Å². The summed E-state index contributed by atoms with van der Waals surface area (Å²) in [6.45, 7) is 3.70. The number of rotatable bonds is 8. The van der Waals surface area contributed by atoms with Gasteiger partial charge >= 0.3 is 6.18 Å². The van der Waals surface area contributed by atoms with Crippen LogP contribution in [0.15, 0.2) is 33.8 Å². The van der Waals surface area contributed by atoms with E-state index in [-0.39, 0.29) is 35.6 Å². The number of alkyl halides is 3. The van der Waals surface area contributed by atoms with Crippen LogP contribution in [0, 0.1) is 0 Å². The van der Waals surface area contributed by atoms with Gasteiger partial charge < -0.3 is 19.9 Å². The number of aromatic nitrogens is 2. The van der Waals surface area contributed by atoms with E-state index in [0.29, 0.717) is 37.2 Å². The van der Waals surface area contributed by atoms with Crippen molar-refractivity contribution in [2.75, 3.05) is 20.2 Å². The van der Waals surface area contributed by atoms with E-state index in [9.17, 15) is 13.2 Å². The summed E-state index contributed by atoms with van der Waals surface area (Å²) in [5, 5.41) is 10.2. The first-order valence-corrected chi connectivity index (χ1v) is 8.82. The van der Waals surface area contributed by atoms with Gasteiger partial charge in [0.25, 0.3) is 0 Å². The minimum Gasteiger partial charge on any atom is -0.484 e. The number of guanidine groups is 1. The molecule has 0 radical (unpaired) electrons. The van der Waals surface area contributed by atoms with Crippen LogP contribution in [-0.4, -0.2) is 42.5 Å². The van der Waals surface area contributed by atoms with Crippen LogP contribution in [0.3, 0.4) is 0 Å². The maximum atomic E-state index is 12.1. The Morgan fingerprint density at radius 1 is 1.21 bits per heavy atom. The average Bonchev–Trinajstić information content (AvgIpc) is 3.12. The van der Waals surface area contributed by atoms with Crippen LogP contribution in [-0.2, 0) is 13.0 Å². The fraction of sp³-hybridized carbons (Fsp3) is 0.500. The average molecular weight is 527 g/mol. The summed E-state index contributed by atoms with van der Waals surface area (Å²) in [6.07, 6.45) is -3.79. The van der Waals surface area contributed by atoms with Gasteiger partial charge in [0.05, 0.1) is 0 Å². The maximum Gasteiger partial charge on any atom is 0.422 e. The lowest BCUT2D eigenvalue weighted by Gasteiger charge is -2.12. The zero-order chi connectivity index (χ0) is 20.6. The van der Waals surface area contributed by atoms with Gasteiger partial charge in [-0.2, -0.15) is 18.2 Å². The third-order valence-corrected chi connectivity index (χ3v) is 3.64. The zero-order valence-corrected chi connectivity index (χ0v) is 18.7. The van der Waals surface area contributed by atoms with Gasteiger partial charge in [-0.3, -0.25) is 4.99 Å². The van der Waals surface area contributed by atoms with E-state index in [1.54, 1.807) is 19.2 Å². The van der Waals surface area contributed by atoms with Crippen LogP contribution in [0.1, 0.15) is 37.0 Å². The monoisotopic (exact) mass is 527 g/mol. The third kappa shape index (κ3) is 9.33. The number of benzene rings is 1. The highest BCUT2D eigenvalue weighted by Gasteiger charge is 2.28. The van der Waals surface area contributed by atoms with E-state index < -0.39 is 12.8 Å². The molecule has 2 aromatic rings. The summed E-state index contributed by atoms with van der Waals surface area (Å²) in [6, 6.07) is 6.39. The van der Waals surface area contributed by atoms with Gasteiger partial charge in [0.15, 0.2) is 18.4 Å². The molecule has 0 aliphatic carbocycles. The van der Waals surface area contributed by atoms with Gasteiger partial charge in [-0.15, -0.1) is 24.0 Å². The largest absolute Gasteiger partial charge is 0.484 e. The molecule has 1 aromatic heterocycles. The van der Waals surface area contributed by atoms with E-state index in [1.165, 1.54) is 12.1 Å². The Bertz CT molecular complexity index is 764. The molecule has 0 aliphatic rings. The van der Waals surface area contributed by atoms with E-state index >= 15 is 0 Å². The molecule has 0 aliphatic heterocycles. The van der Waals surface area contributed by atoms with Crippen molar-refractivity contribution in [1.82, 2.24) is 20.8 Å². The van der Waals surface area contributed by atoms with Crippen molar-refractivity contribution in [2.45, 2.75) is 38.9 Å². The highest BCUT2D eigenvalue weighted by Crippen LogP contribution is 2.18. The molecule has 0 unspecified atom stereocenters. The molecule has 0 saturated heterocycles. The van der Waals surface area contributed by atoms with Crippen LogP contribution in [0.4, 0.5) is 13.2 Å². The predicted molar refractivity (Wildman–Crippen MR) is 114 cm³/mol. The molecule has 29 heavy (non-hydrogen) atoms. The predicted octanol–water partition coefficient (Wildman–Crippen LogP) is 3.66. The van der Waals surface area contributed by atoms with Crippen molar-refractivity contribution in [1.29, 1.82) is 0 Å². The molecule has 162 valence electrons. The standard InChI is InChI=1S/C18H24F3N5O2.HI/c1-12(2)16-25-15(28-26-16)8-9-23-17(22-3)24-10-13-4-6-14(7-5-13)27-11-18(19,20)21;/h4-7,12H,8-11H2,1-3H3,(H2,22,23,24);1H. The molecule has 11 heteroatoms. The lowest BCUT2D eigenvalue weighted by molar-refractivity contribution is -0.153. The summed E-state index contributed by atoms with van der Waals surface area (Å²) < 4.78 is 46.3. The molecule has 0 atom stereocenters. The molecular weight excluding hydrogens is 502 g/mol. The topological polar surface area (TPSA) is 84.6 Å². The van der Waals surface area contributed by atoms with Gasteiger partial charge in [0.1, 0.15) is 5.75 Å². The van der Waals surface area contributed by atoms with Crippen molar-refractivity contribution < 1.29 is 22.4 Å². The Morgan fingerprint density at radius 2 is 1.90 bits per heavy atom. The highest BCUT2D eigenvalue weighted by atomic mass is 127. The molecule has 0 fully saturated rings. The van der Waals surface area contributed by atoms with E-state index in [0.717, 1.165) is 5.56 Å². The van der Waals surface area contributed by atoms with Gasteiger partial charge in [-0.1, -0.05) is 31.1 Å². The first kappa shape index (κ1) is 25.0. The second kappa shape index (κ2) is 11.8. The lowest BCUT2D eigenvalue weighted by Crippen LogP contribution is -2.37. The van der Waals surface area contributed by atoms with Gasteiger partial charge in [0.2, 0.25) is 5.89 Å². The Kier molecular flexibility index (Phi) is 10.2. The summed E-state index contributed by atoms with van der Waals surface area (Å²) in [5.74, 6) is 2.20. The molecule has 0 bridgehead atoms. The Hall–Kier alpha value is -2.05. The summed E-state index contributed by atoms with van der Waals surface area (Å²) in [5.41, 5.74) is 0.876. The van der Waals surface area contributed by atoms with Gasteiger partial charge in [-0.25, -0.2) is 0 Å². The van der Waals surface area contributed by atoms with Crippen LogP contribution < -0.4 is 15.4 Å². The molecule has 0 spiro atoms. The van der Waals surface area contributed by atoms with E-state index in [4.69, 9.17) is 4.52 Å². The number of nitrogens with one attached hydrogen (secondary N) is 2. The smallest absolute Gasteiger partial charge is 0.422 e. The number of aliphatic imine (C=N–C) groups is 1. The SMILES string of the molecule is CN=C(NCCc1nc(C(C)C)no1)NCc1ccc(OCC(F)(F)F)cc1.I. The maximum absolute atomic E-state index is 12.1. The fourth-order valence-electron chi connectivity index (χ4n) is 2.17. The molecule has 1 aromatic carbocycles. The normalized spacial score (nSPS) is 11.9. The number of hydrogen-bond donors (Lipinski definition) is 2. The van der Waals surface area contributed by atoms with Crippen LogP contribution >= 0.6 is 24.0 Å². The Labute approximate surface area is 184 Å². The second-order valence-electron chi connectivity index (χ2n) is 6.35. The van der Waals surface area contributed by atoms with Crippen LogP contribution in [0.2, 0.25) is 0 Å². The summed E-state index contributed by atoms with van der Waals surface area (Å²) in [7, 11) is 1.65. The molecular formula is C18H25F3IN5O2. The van der Waals surface area contributed by atoms with Crippen LogP contribution in [0.25, 0.3) is 0 Å². The minimum absolute atomic E-state index is 0. The number of ether oxygens (including phenoxy) is 1. The molecule has 0 saturated carbocycles. The molecule has 0 amide bonds. The van der Waals surface area contributed by atoms with Crippen molar-refractivity contribution in [3.63, 3.8) is 0 Å². The summed E-state index contributed by atoms with van der Waals surface area (Å²) >= 11 is 0. The quantitative estimate of drug-likeness (QED) is 0.310. The lowest BCUT2D eigenvalue weighted by atomic mass is 10.2. The Morgan fingerprint density at radius 3 is 2.45 bits per heavy atom. The fourth-order valence-corrected chi connectivity index (χ4v) is 2.17. The number of nitrogens with zero attached hydrogens (tertiary/aromatic N) is 3. The van der Waals surface area contributed by atoms with Crippen LogP contribution in [0.5, 0.6) is 5.75 Å². The molecule has 7 nitrogen and oxygen atoms in total. The summed E-state index contributed by atoms with van der Waals surface area (Å²) in [4.78, 5) is 8.42. The van der Waals surface area contributed by atoms with Gasteiger partial charge in [-0.05, 0) is 17.7 Å². The molecule has 2 rings (SSSR count). The van der Waals surface area contributed by atoms with E-state index in [1.807, 2.05) is 13.8 Å². The third-order valence-electron chi connectivity index (χ3n) is 3.64. The zero-order valence-electron chi connectivity index (χ0n) is 16.4. The first-order chi connectivity index (χ1) is 13.3. The van der Waals surface area contributed by atoms with Crippen molar-refractivity contribution in [3.05, 3.63) is 41.5 Å².